The van der Waals surface area contributed by atoms with Gasteiger partial charge in [-0.05, 0) is 26.2 Å². The normalized spacial score (nSPS) is 21.2. The predicted molar refractivity (Wildman–Crippen MR) is 54.4 cm³/mol. The van der Waals surface area contributed by atoms with Crippen molar-refractivity contribution in [1.82, 2.24) is 5.32 Å². The van der Waals surface area contributed by atoms with Gasteiger partial charge in [0.15, 0.2) is 0 Å². The van der Waals surface area contributed by atoms with Crippen molar-refractivity contribution in [2.75, 3.05) is 0 Å². The molecule has 0 aromatic heterocycles. The summed E-state index contributed by atoms with van der Waals surface area (Å²) in [6, 6.07) is 2.15. The number of rotatable bonds is 3. The van der Waals surface area contributed by atoms with E-state index in [9.17, 15) is 4.79 Å². The van der Waals surface area contributed by atoms with E-state index in [1.807, 2.05) is 6.92 Å². The molecule has 3 nitrogen and oxygen atoms in total. The lowest BCUT2D eigenvalue weighted by Crippen LogP contribution is -2.46. The molecule has 0 aromatic rings. The first-order valence-corrected chi connectivity index (χ1v) is 5.34. The minimum Gasteiger partial charge on any atom is -0.338 e. The van der Waals surface area contributed by atoms with Crippen molar-refractivity contribution in [3.05, 3.63) is 0 Å². The molecule has 1 N–H and O–H groups in total. The molecule has 0 heterocycles. The van der Waals surface area contributed by atoms with Gasteiger partial charge in [0.2, 0.25) is 5.91 Å². The Morgan fingerprint density at radius 2 is 2.14 bits per heavy atom. The van der Waals surface area contributed by atoms with Gasteiger partial charge in [0, 0.05) is 5.92 Å². The Kier molecular flexibility index (Phi) is 3.51. The minimum atomic E-state index is -0.681. The van der Waals surface area contributed by atoms with Crippen LogP contribution in [0.2, 0.25) is 0 Å². The SMILES string of the molecule is CCC(C)(C#N)NC(=O)C1CCCC1. The van der Waals surface area contributed by atoms with E-state index in [0.29, 0.717) is 6.42 Å². The fourth-order valence-electron chi connectivity index (χ4n) is 1.76. The molecule has 1 atom stereocenters. The van der Waals surface area contributed by atoms with Crippen LogP contribution in [0.5, 0.6) is 0 Å². The van der Waals surface area contributed by atoms with Crippen LogP contribution in [0.25, 0.3) is 0 Å². The fraction of sp³-hybridized carbons (Fsp3) is 0.818. The number of nitrogens with zero attached hydrogens (tertiary/aromatic N) is 1. The maximum absolute atomic E-state index is 11.7. The molecule has 78 valence electrons. The molecule has 1 amide bonds. The summed E-state index contributed by atoms with van der Waals surface area (Å²) in [5, 5.41) is 11.7. The van der Waals surface area contributed by atoms with E-state index in [0.717, 1.165) is 25.7 Å². The zero-order chi connectivity index (χ0) is 10.6. The van der Waals surface area contributed by atoms with Gasteiger partial charge in [-0.25, -0.2) is 0 Å². The Balaban J connectivity index is 2.51. The zero-order valence-corrected chi connectivity index (χ0v) is 8.97. The van der Waals surface area contributed by atoms with Crippen LogP contribution in [0.15, 0.2) is 0 Å². The average Bonchev–Trinajstić information content (AvgIpc) is 2.70. The highest BCUT2D eigenvalue weighted by atomic mass is 16.2. The largest absolute Gasteiger partial charge is 0.338 e. The van der Waals surface area contributed by atoms with Gasteiger partial charge in [0.25, 0.3) is 0 Å². The van der Waals surface area contributed by atoms with E-state index < -0.39 is 5.54 Å². The van der Waals surface area contributed by atoms with Crippen LogP contribution in [0.4, 0.5) is 0 Å². The lowest BCUT2D eigenvalue weighted by molar-refractivity contribution is -0.126. The van der Waals surface area contributed by atoms with E-state index in [-0.39, 0.29) is 11.8 Å². The maximum atomic E-state index is 11.7. The fourth-order valence-corrected chi connectivity index (χ4v) is 1.76. The summed E-state index contributed by atoms with van der Waals surface area (Å²) in [4.78, 5) is 11.7. The first-order chi connectivity index (χ1) is 6.61. The molecule has 3 heteroatoms. The van der Waals surface area contributed by atoms with Crippen molar-refractivity contribution in [3.8, 4) is 6.07 Å². The van der Waals surface area contributed by atoms with Crippen molar-refractivity contribution in [3.63, 3.8) is 0 Å². The third kappa shape index (κ3) is 2.47. The predicted octanol–water partition coefficient (Wildman–Crippen LogP) is 1.99. The van der Waals surface area contributed by atoms with Crippen LogP contribution in [0, 0.1) is 17.2 Å². The Morgan fingerprint density at radius 1 is 1.57 bits per heavy atom. The van der Waals surface area contributed by atoms with Crippen molar-refractivity contribution < 1.29 is 4.79 Å². The molecule has 0 spiro atoms. The summed E-state index contributed by atoms with van der Waals surface area (Å²) in [6.07, 6.45) is 4.91. The lowest BCUT2D eigenvalue weighted by atomic mass is 9.98. The maximum Gasteiger partial charge on any atom is 0.224 e. The molecule has 1 fully saturated rings. The smallest absolute Gasteiger partial charge is 0.224 e. The number of hydrogen-bond donors (Lipinski definition) is 1. The second-order valence-corrected chi connectivity index (χ2v) is 4.27. The average molecular weight is 194 g/mol. The van der Waals surface area contributed by atoms with Crippen molar-refractivity contribution >= 4 is 5.91 Å². The van der Waals surface area contributed by atoms with E-state index >= 15 is 0 Å². The van der Waals surface area contributed by atoms with Gasteiger partial charge in [-0.2, -0.15) is 5.26 Å². The van der Waals surface area contributed by atoms with Crippen LogP contribution < -0.4 is 5.32 Å². The van der Waals surface area contributed by atoms with Crippen LogP contribution in [0.1, 0.15) is 46.0 Å². The standard InChI is InChI=1S/C11H18N2O/c1-3-11(2,8-12)13-10(14)9-6-4-5-7-9/h9H,3-7H2,1-2H3,(H,13,14). The summed E-state index contributed by atoms with van der Waals surface area (Å²) in [7, 11) is 0. The zero-order valence-electron chi connectivity index (χ0n) is 8.97. The van der Waals surface area contributed by atoms with Gasteiger partial charge in [-0.3, -0.25) is 4.79 Å². The van der Waals surface area contributed by atoms with Crippen molar-refractivity contribution in [1.29, 1.82) is 5.26 Å². The summed E-state index contributed by atoms with van der Waals surface area (Å²) in [6.45, 7) is 3.69. The Bertz CT molecular complexity index is 251. The van der Waals surface area contributed by atoms with Crippen LogP contribution in [-0.2, 0) is 4.79 Å². The monoisotopic (exact) mass is 194 g/mol. The molecule has 0 radical (unpaired) electrons. The van der Waals surface area contributed by atoms with Gasteiger partial charge in [-0.1, -0.05) is 19.8 Å². The Hall–Kier alpha value is -1.04. The molecule has 0 aromatic carbocycles. The number of nitrogens with one attached hydrogen (secondary N) is 1. The Labute approximate surface area is 85.5 Å². The molecule has 1 saturated carbocycles. The summed E-state index contributed by atoms with van der Waals surface area (Å²) >= 11 is 0. The van der Waals surface area contributed by atoms with E-state index in [1.165, 1.54) is 0 Å². The second-order valence-electron chi connectivity index (χ2n) is 4.27. The molecule has 1 rings (SSSR count). The molecule has 0 aliphatic heterocycles. The molecule has 0 saturated heterocycles. The van der Waals surface area contributed by atoms with Gasteiger partial charge in [0.05, 0.1) is 6.07 Å². The van der Waals surface area contributed by atoms with Crippen LogP contribution >= 0.6 is 0 Å². The number of hydrogen-bond acceptors (Lipinski definition) is 2. The number of amides is 1. The van der Waals surface area contributed by atoms with Gasteiger partial charge in [-0.15, -0.1) is 0 Å². The van der Waals surface area contributed by atoms with Gasteiger partial charge >= 0.3 is 0 Å². The molecule has 1 unspecified atom stereocenters. The number of nitriles is 1. The molecular weight excluding hydrogens is 176 g/mol. The molecular formula is C11H18N2O. The molecule has 14 heavy (non-hydrogen) atoms. The summed E-state index contributed by atoms with van der Waals surface area (Å²) < 4.78 is 0. The minimum absolute atomic E-state index is 0.0633. The summed E-state index contributed by atoms with van der Waals surface area (Å²) in [5.41, 5.74) is -0.681. The van der Waals surface area contributed by atoms with Crippen LogP contribution in [-0.4, -0.2) is 11.4 Å². The number of carbonyl (C=O) groups is 1. The second kappa shape index (κ2) is 4.45. The van der Waals surface area contributed by atoms with Crippen LogP contribution in [0.3, 0.4) is 0 Å². The highest BCUT2D eigenvalue weighted by molar-refractivity contribution is 5.80. The highest BCUT2D eigenvalue weighted by Crippen LogP contribution is 2.25. The lowest BCUT2D eigenvalue weighted by Gasteiger charge is -2.23. The quantitative estimate of drug-likeness (QED) is 0.747. The topological polar surface area (TPSA) is 52.9 Å². The van der Waals surface area contributed by atoms with E-state index in [1.54, 1.807) is 6.92 Å². The first kappa shape index (κ1) is 11.0. The number of carbonyl (C=O) groups excluding carboxylic acids is 1. The Morgan fingerprint density at radius 3 is 2.57 bits per heavy atom. The summed E-state index contributed by atoms with van der Waals surface area (Å²) in [5.74, 6) is 0.211. The van der Waals surface area contributed by atoms with Crippen molar-refractivity contribution in [2.24, 2.45) is 5.92 Å². The molecule has 1 aliphatic carbocycles. The van der Waals surface area contributed by atoms with Crippen molar-refractivity contribution in [2.45, 2.75) is 51.5 Å². The third-order valence-corrected chi connectivity index (χ3v) is 3.08. The van der Waals surface area contributed by atoms with E-state index in [2.05, 4.69) is 11.4 Å². The van der Waals surface area contributed by atoms with Gasteiger partial charge < -0.3 is 5.32 Å². The van der Waals surface area contributed by atoms with E-state index in [4.69, 9.17) is 5.26 Å². The first-order valence-electron chi connectivity index (χ1n) is 5.34. The highest BCUT2D eigenvalue weighted by Gasteiger charge is 2.29. The third-order valence-electron chi connectivity index (χ3n) is 3.08. The molecule has 1 aliphatic rings. The van der Waals surface area contributed by atoms with Gasteiger partial charge in [0.1, 0.15) is 5.54 Å². The molecule has 0 bridgehead atoms.